The molecule has 1 fully saturated rings. The summed E-state index contributed by atoms with van der Waals surface area (Å²) in [6.45, 7) is 8.00. The summed E-state index contributed by atoms with van der Waals surface area (Å²) in [5.41, 5.74) is 1.51. The van der Waals surface area contributed by atoms with Gasteiger partial charge in [-0.05, 0) is 19.0 Å². The molecular formula is C18H28FN3O2. The zero-order valence-corrected chi connectivity index (χ0v) is 14.8. The number of rotatable bonds is 8. The zero-order valence-electron chi connectivity index (χ0n) is 14.8. The largest absolute Gasteiger partial charge is 0.372 e. The standard InChI is InChI=1S/C18H28FN3O2/c1-14(2)18(24-12-7-20-3)15-5-4-6-16(19)17(15)22-10-8-21(13-23)9-11-22/h4-6,13-14,18,20H,7-12H2,1-3H3. The monoisotopic (exact) mass is 337 g/mol. The third kappa shape index (κ3) is 4.45. The molecule has 1 heterocycles. The number of ether oxygens (including phenoxy) is 1. The van der Waals surface area contributed by atoms with Crippen LogP contribution in [0.5, 0.6) is 0 Å². The molecule has 24 heavy (non-hydrogen) atoms. The Morgan fingerprint density at radius 1 is 1.29 bits per heavy atom. The number of anilines is 1. The van der Waals surface area contributed by atoms with Crippen molar-refractivity contribution in [3.8, 4) is 0 Å². The number of hydrogen-bond acceptors (Lipinski definition) is 4. The van der Waals surface area contributed by atoms with Gasteiger partial charge in [0.15, 0.2) is 0 Å². The van der Waals surface area contributed by atoms with E-state index in [4.69, 9.17) is 4.74 Å². The molecule has 1 aromatic rings. The van der Waals surface area contributed by atoms with Crippen molar-refractivity contribution in [3.05, 3.63) is 29.6 Å². The van der Waals surface area contributed by atoms with E-state index < -0.39 is 0 Å². The topological polar surface area (TPSA) is 44.8 Å². The van der Waals surface area contributed by atoms with Crippen molar-refractivity contribution in [3.63, 3.8) is 0 Å². The van der Waals surface area contributed by atoms with Crippen LogP contribution in [0, 0.1) is 11.7 Å². The van der Waals surface area contributed by atoms with Crippen molar-refractivity contribution in [1.82, 2.24) is 10.2 Å². The number of amides is 1. The molecule has 0 aliphatic carbocycles. The van der Waals surface area contributed by atoms with Gasteiger partial charge in [-0.3, -0.25) is 4.79 Å². The lowest BCUT2D eigenvalue weighted by Gasteiger charge is -2.37. The van der Waals surface area contributed by atoms with Crippen molar-refractivity contribution >= 4 is 12.1 Å². The number of carbonyl (C=O) groups is 1. The quantitative estimate of drug-likeness (QED) is 0.582. The van der Waals surface area contributed by atoms with Gasteiger partial charge >= 0.3 is 0 Å². The van der Waals surface area contributed by atoms with Crippen LogP contribution in [0.25, 0.3) is 0 Å². The van der Waals surface area contributed by atoms with Gasteiger partial charge in [0.25, 0.3) is 0 Å². The number of para-hydroxylation sites is 1. The van der Waals surface area contributed by atoms with E-state index in [0.29, 0.717) is 38.5 Å². The van der Waals surface area contributed by atoms with Crippen LogP contribution >= 0.6 is 0 Å². The number of nitrogens with zero attached hydrogens (tertiary/aromatic N) is 2. The SMILES string of the molecule is CNCCOC(c1cccc(F)c1N1CCN(C=O)CC1)C(C)C. The third-order valence-corrected chi connectivity index (χ3v) is 4.36. The molecule has 1 N–H and O–H groups in total. The molecule has 0 saturated carbocycles. The Morgan fingerprint density at radius 3 is 2.58 bits per heavy atom. The molecule has 1 aliphatic rings. The van der Waals surface area contributed by atoms with Gasteiger partial charge < -0.3 is 19.9 Å². The van der Waals surface area contributed by atoms with Gasteiger partial charge in [0.1, 0.15) is 5.82 Å². The van der Waals surface area contributed by atoms with Crippen LogP contribution in [0.1, 0.15) is 25.5 Å². The Labute approximate surface area is 143 Å². The predicted molar refractivity (Wildman–Crippen MR) is 93.7 cm³/mol. The Morgan fingerprint density at radius 2 is 2.00 bits per heavy atom. The van der Waals surface area contributed by atoms with Crippen LogP contribution < -0.4 is 10.2 Å². The summed E-state index contributed by atoms with van der Waals surface area (Å²) in [5.74, 6) is 0.00795. The Bertz CT molecular complexity index is 531. The van der Waals surface area contributed by atoms with Gasteiger partial charge in [-0.15, -0.1) is 0 Å². The Kier molecular flexibility index (Phi) is 6.99. The van der Waals surface area contributed by atoms with E-state index in [9.17, 15) is 9.18 Å². The fourth-order valence-corrected chi connectivity index (χ4v) is 3.08. The second-order valence-corrected chi connectivity index (χ2v) is 6.45. The van der Waals surface area contributed by atoms with Crippen LogP contribution in [0.2, 0.25) is 0 Å². The van der Waals surface area contributed by atoms with E-state index in [1.54, 1.807) is 11.0 Å². The first-order valence-corrected chi connectivity index (χ1v) is 8.57. The lowest BCUT2D eigenvalue weighted by Crippen LogP contribution is -2.46. The third-order valence-electron chi connectivity index (χ3n) is 4.36. The summed E-state index contributed by atoms with van der Waals surface area (Å²) in [6.07, 6.45) is 0.699. The van der Waals surface area contributed by atoms with Gasteiger partial charge in [-0.2, -0.15) is 0 Å². The molecule has 0 radical (unpaired) electrons. The van der Waals surface area contributed by atoms with Gasteiger partial charge in [-0.25, -0.2) is 4.39 Å². The average Bonchev–Trinajstić information content (AvgIpc) is 2.58. The average molecular weight is 337 g/mol. The van der Waals surface area contributed by atoms with Crippen molar-refractivity contribution in [1.29, 1.82) is 0 Å². The number of carbonyl (C=O) groups excluding carboxylic acids is 1. The van der Waals surface area contributed by atoms with Crippen molar-refractivity contribution < 1.29 is 13.9 Å². The van der Waals surface area contributed by atoms with Crippen LogP contribution in [0.15, 0.2) is 18.2 Å². The van der Waals surface area contributed by atoms with E-state index in [2.05, 4.69) is 19.2 Å². The summed E-state index contributed by atoms with van der Waals surface area (Å²) < 4.78 is 20.7. The number of piperazine rings is 1. The minimum absolute atomic E-state index is 0.159. The molecule has 0 aromatic heterocycles. The minimum Gasteiger partial charge on any atom is -0.372 e. The maximum atomic E-state index is 14.6. The van der Waals surface area contributed by atoms with Crippen LogP contribution in [-0.2, 0) is 9.53 Å². The molecular weight excluding hydrogens is 309 g/mol. The minimum atomic E-state index is -0.227. The lowest BCUT2D eigenvalue weighted by molar-refractivity contribution is -0.118. The van der Waals surface area contributed by atoms with Crippen LogP contribution in [0.3, 0.4) is 0 Å². The molecule has 5 nitrogen and oxygen atoms in total. The Balaban J connectivity index is 2.25. The second-order valence-electron chi connectivity index (χ2n) is 6.45. The molecule has 0 spiro atoms. The van der Waals surface area contributed by atoms with E-state index >= 15 is 0 Å². The lowest BCUT2D eigenvalue weighted by atomic mass is 9.96. The first-order chi connectivity index (χ1) is 11.6. The van der Waals surface area contributed by atoms with E-state index in [-0.39, 0.29) is 17.8 Å². The van der Waals surface area contributed by atoms with E-state index in [0.717, 1.165) is 18.5 Å². The molecule has 1 atom stereocenters. The number of nitrogens with one attached hydrogen (secondary N) is 1. The van der Waals surface area contributed by atoms with Gasteiger partial charge in [-0.1, -0.05) is 26.0 Å². The molecule has 1 aromatic carbocycles. The summed E-state index contributed by atoms with van der Waals surface area (Å²) in [4.78, 5) is 14.6. The highest BCUT2D eigenvalue weighted by Crippen LogP contribution is 2.35. The molecule has 1 unspecified atom stereocenters. The molecule has 0 bridgehead atoms. The number of likely N-dealkylation sites (N-methyl/N-ethyl adjacent to an activating group) is 1. The predicted octanol–water partition coefficient (Wildman–Crippen LogP) is 2.04. The summed E-state index contributed by atoms with van der Waals surface area (Å²) in [6, 6.07) is 5.19. The van der Waals surface area contributed by atoms with Gasteiger partial charge in [0, 0.05) is 38.3 Å². The highest BCUT2D eigenvalue weighted by atomic mass is 19.1. The summed E-state index contributed by atoms with van der Waals surface area (Å²) >= 11 is 0. The maximum Gasteiger partial charge on any atom is 0.209 e. The van der Waals surface area contributed by atoms with Crippen molar-refractivity contribution in [2.75, 3.05) is 51.3 Å². The fraction of sp³-hybridized carbons (Fsp3) is 0.611. The van der Waals surface area contributed by atoms with Gasteiger partial charge in [0.05, 0.1) is 18.4 Å². The summed E-state index contributed by atoms with van der Waals surface area (Å²) in [7, 11) is 1.88. The molecule has 6 heteroatoms. The maximum absolute atomic E-state index is 14.6. The zero-order chi connectivity index (χ0) is 17.5. The Hall–Kier alpha value is -1.66. The molecule has 1 aliphatic heterocycles. The number of halogens is 1. The van der Waals surface area contributed by atoms with Crippen LogP contribution in [-0.4, -0.2) is 57.7 Å². The number of hydrogen-bond donors (Lipinski definition) is 1. The summed E-state index contributed by atoms with van der Waals surface area (Å²) in [5, 5.41) is 3.07. The second kappa shape index (κ2) is 8.99. The molecule has 1 saturated heterocycles. The smallest absolute Gasteiger partial charge is 0.209 e. The van der Waals surface area contributed by atoms with Crippen molar-refractivity contribution in [2.45, 2.75) is 20.0 Å². The number of benzene rings is 1. The molecule has 2 rings (SSSR count). The molecule has 1 amide bonds. The van der Waals surface area contributed by atoms with Crippen LogP contribution in [0.4, 0.5) is 10.1 Å². The van der Waals surface area contributed by atoms with E-state index in [1.807, 2.05) is 18.0 Å². The van der Waals surface area contributed by atoms with Crippen molar-refractivity contribution in [2.24, 2.45) is 5.92 Å². The highest BCUT2D eigenvalue weighted by molar-refractivity contribution is 5.57. The fourth-order valence-electron chi connectivity index (χ4n) is 3.08. The highest BCUT2D eigenvalue weighted by Gasteiger charge is 2.26. The normalized spacial score (nSPS) is 16.5. The first-order valence-electron chi connectivity index (χ1n) is 8.57. The van der Waals surface area contributed by atoms with E-state index in [1.165, 1.54) is 6.07 Å². The van der Waals surface area contributed by atoms with Gasteiger partial charge in [0.2, 0.25) is 6.41 Å². The molecule has 134 valence electrons. The first kappa shape index (κ1) is 18.7.